The lowest BCUT2D eigenvalue weighted by Crippen LogP contribution is -1.94. The molecule has 2 heteroatoms. The molecule has 0 N–H and O–H groups in total. The van der Waals surface area contributed by atoms with Gasteiger partial charge in [0.25, 0.3) is 0 Å². The van der Waals surface area contributed by atoms with Crippen molar-refractivity contribution in [3.8, 4) is 11.1 Å². The minimum absolute atomic E-state index is 0.272. The zero-order chi connectivity index (χ0) is 10.3. The van der Waals surface area contributed by atoms with Gasteiger partial charge in [-0.2, -0.15) is 0 Å². The fourth-order valence-corrected chi connectivity index (χ4v) is 1.89. The Labute approximate surface area is 86.1 Å². The molecule has 72 valence electrons. The van der Waals surface area contributed by atoms with Gasteiger partial charge in [-0.05, 0) is 28.6 Å². The minimum Gasteiger partial charge on any atom is -0.431 e. The van der Waals surface area contributed by atoms with Gasteiger partial charge in [-0.25, -0.2) is 4.79 Å². The van der Waals surface area contributed by atoms with Gasteiger partial charge in [-0.1, -0.05) is 30.3 Å². The van der Waals surface area contributed by atoms with Crippen LogP contribution in [0.2, 0.25) is 0 Å². The maximum atomic E-state index is 11.5. The summed E-state index contributed by atoms with van der Waals surface area (Å²) in [6.45, 7) is 0. The average molecular weight is 196 g/mol. The summed E-state index contributed by atoms with van der Waals surface area (Å²) in [4.78, 5) is 11.5. The molecule has 0 unspecified atom stereocenters. The lowest BCUT2D eigenvalue weighted by molar-refractivity contribution is 0.520. The molecule has 1 heterocycles. The monoisotopic (exact) mass is 196 g/mol. The highest BCUT2D eigenvalue weighted by Crippen LogP contribution is 2.31. The largest absolute Gasteiger partial charge is 0.431 e. The first-order valence-corrected chi connectivity index (χ1v) is 4.75. The first-order chi connectivity index (χ1) is 7.36. The van der Waals surface area contributed by atoms with Crippen LogP contribution in [0, 0.1) is 0 Å². The van der Waals surface area contributed by atoms with Gasteiger partial charge in [0.1, 0.15) is 0 Å². The van der Waals surface area contributed by atoms with E-state index in [2.05, 4.69) is 0 Å². The van der Waals surface area contributed by atoms with Gasteiger partial charge in [-0.15, -0.1) is 0 Å². The molecule has 3 rings (SSSR count). The van der Waals surface area contributed by atoms with Gasteiger partial charge in [0.05, 0.1) is 11.6 Å². The highest BCUT2D eigenvalue weighted by molar-refractivity contribution is 6.01. The van der Waals surface area contributed by atoms with Crippen molar-refractivity contribution in [2.45, 2.75) is 0 Å². The molecule has 1 aromatic rings. The van der Waals surface area contributed by atoms with Gasteiger partial charge in [0, 0.05) is 0 Å². The molecular weight excluding hydrogens is 188 g/mol. The van der Waals surface area contributed by atoms with E-state index in [-0.39, 0.29) is 5.63 Å². The molecule has 0 atom stereocenters. The van der Waals surface area contributed by atoms with Crippen molar-refractivity contribution in [1.82, 2.24) is 0 Å². The summed E-state index contributed by atoms with van der Waals surface area (Å²) in [5.74, 6) is 0. The van der Waals surface area contributed by atoms with Crippen LogP contribution in [0.5, 0.6) is 0 Å². The molecule has 15 heavy (non-hydrogen) atoms. The zero-order valence-electron chi connectivity index (χ0n) is 7.94. The molecule has 0 fully saturated rings. The van der Waals surface area contributed by atoms with Crippen LogP contribution in [-0.4, -0.2) is 0 Å². The molecular formula is C13H8O2. The van der Waals surface area contributed by atoms with Gasteiger partial charge in [0.15, 0.2) is 0 Å². The van der Waals surface area contributed by atoms with Crippen molar-refractivity contribution in [3.05, 3.63) is 59.1 Å². The second kappa shape index (κ2) is 2.95. The van der Waals surface area contributed by atoms with Crippen LogP contribution < -0.4 is 5.63 Å². The van der Waals surface area contributed by atoms with Gasteiger partial charge >= 0.3 is 5.63 Å². The molecule has 2 aliphatic rings. The second-order valence-electron chi connectivity index (χ2n) is 3.46. The number of hydrogen-bond acceptors (Lipinski definition) is 2. The van der Waals surface area contributed by atoms with Crippen LogP contribution in [0.3, 0.4) is 0 Å². The van der Waals surface area contributed by atoms with E-state index in [4.69, 9.17) is 4.42 Å². The maximum Gasteiger partial charge on any atom is 0.343 e. The van der Waals surface area contributed by atoms with Gasteiger partial charge < -0.3 is 4.42 Å². The molecule has 0 amide bonds. The molecule has 2 aliphatic carbocycles. The summed E-state index contributed by atoms with van der Waals surface area (Å²) < 4.78 is 4.84. The highest BCUT2D eigenvalue weighted by atomic mass is 16.4. The molecule has 0 saturated carbocycles. The summed E-state index contributed by atoms with van der Waals surface area (Å²) >= 11 is 0. The fraction of sp³-hybridized carbons (Fsp3) is 0. The number of fused-ring (bicyclic) bond motifs is 3. The Kier molecular flexibility index (Phi) is 1.62. The topological polar surface area (TPSA) is 30.2 Å². The van der Waals surface area contributed by atoms with Crippen LogP contribution in [0.25, 0.3) is 21.9 Å². The Morgan fingerprint density at radius 2 is 1.80 bits per heavy atom. The van der Waals surface area contributed by atoms with E-state index in [9.17, 15) is 4.79 Å². The molecule has 0 aromatic carbocycles. The van der Waals surface area contributed by atoms with E-state index in [1.54, 1.807) is 0 Å². The second-order valence-corrected chi connectivity index (χ2v) is 3.46. The molecule has 1 aromatic heterocycles. The quantitative estimate of drug-likeness (QED) is 0.553. The molecule has 0 spiro atoms. The molecule has 0 radical (unpaired) electrons. The van der Waals surface area contributed by atoms with Crippen molar-refractivity contribution in [2.24, 2.45) is 0 Å². The van der Waals surface area contributed by atoms with Crippen molar-refractivity contribution in [3.63, 3.8) is 0 Å². The summed E-state index contributed by atoms with van der Waals surface area (Å²) in [5, 5.41) is 1.61. The van der Waals surface area contributed by atoms with E-state index < -0.39 is 0 Å². The Hall–Kier alpha value is -2.09. The lowest BCUT2D eigenvalue weighted by atomic mass is 10.1. The summed E-state index contributed by atoms with van der Waals surface area (Å²) in [7, 11) is 0. The number of hydrogen-bond donors (Lipinski definition) is 0. The van der Waals surface area contributed by atoms with Crippen LogP contribution in [0.4, 0.5) is 0 Å². The van der Waals surface area contributed by atoms with Crippen LogP contribution in [0.1, 0.15) is 0 Å². The zero-order valence-corrected chi connectivity index (χ0v) is 7.94. The fourth-order valence-electron chi connectivity index (χ4n) is 1.89. The highest BCUT2D eigenvalue weighted by Gasteiger charge is 2.10. The maximum absolute atomic E-state index is 11.5. The Bertz CT molecular complexity index is 652. The average Bonchev–Trinajstić information content (AvgIpc) is 2.45. The molecule has 0 saturated heterocycles. The standard InChI is InChI=1S/C13H8O2/c14-13-12-8-9-4-2-1-3-5-10(9)11(12)6-7-15-13/h1-8H. The van der Waals surface area contributed by atoms with Gasteiger partial charge in [-0.3, -0.25) is 0 Å². The number of rotatable bonds is 0. The summed E-state index contributed by atoms with van der Waals surface area (Å²) in [5.41, 5.74) is 1.88. The molecule has 0 bridgehead atoms. The normalized spacial score (nSPS) is 10.9. The van der Waals surface area contributed by atoms with E-state index in [0.29, 0.717) is 5.39 Å². The molecule has 0 aliphatic heterocycles. The Balaban J connectivity index is 2.59. The van der Waals surface area contributed by atoms with Crippen molar-refractivity contribution in [1.29, 1.82) is 0 Å². The van der Waals surface area contributed by atoms with E-state index >= 15 is 0 Å². The predicted octanol–water partition coefficient (Wildman–Crippen LogP) is 2.90. The molecule has 2 nitrogen and oxygen atoms in total. The van der Waals surface area contributed by atoms with Crippen molar-refractivity contribution >= 4 is 10.8 Å². The Morgan fingerprint density at radius 1 is 0.933 bits per heavy atom. The van der Waals surface area contributed by atoms with Crippen LogP contribution in [0.15, 0.2) is 57.9 Å². The van der Waals surface area contributed by atoms with Gasteiger partial charge in [0.2, 0.25) is 0 Å². The van der Waals surface area contributed by atoms with Crippen molar-refractivity contribution in [2.75, 3.05) is 0 Å². The third-order valence-electron chi connectivity index (χ3n) is 2.58. The summed E-state index contributed by atoms with van der Waals surface area (Å²) in [6, 6.07) is 13.6. The van der Waals surface area contributed by atoms with E-state index in [0.717, 1.165) is 16.5 Å². The Morgan fingerprint density at radius 3 is 2.73 bits per heavy atom. The van der Waals surface area contributed by atoms with Crippen LogP contribution in [-0.2, 0) is 0 Å². The SMILES string of the molecule is O=c1occc2c3cccccc-3cc12. The van der Waals surface area contributed by atoms with E-state index in [1.807, 2.05) is 42.5 Å². The third-order valence-corrected chi connectivity index (χ3v) is 2.58. The first kappa shape index (κ1) is 8.24. The van der Waals surface area contributed by atoms with Crippen molar-refractivity contribution < 1.29 is 4.42 Å². The lowest BCUT2D eigenvalue weighted by Gasteiger charge is -1.91. The van der Waals surface area contributed by atoms with E-state index in [1.165, 1.54) is 6.26 Å². The smallest absolute Gasteiger partial charge is 0.343 e. The summed E-state index contributed by atoms with van der Waals surface area (Å²) in [6.07, 6.45) is 1.44. The van der Waals surface area contributed by atoms with Crippen LogP contribution >= 0.6 is 0 Å². The third kappa shape index (κ3) is 1.15. The first-order valence-electron chi connectivity index (χ1n) is 4.75. The minimum atomic E-state index is -0.272. The predicted molar refractivity (Wildman–Crippen MR) is 59.1 cm³/mol.